The van der Waals surface area contributed by atoms with Crippen molar-refractivity contribution in [3.8, 4) is 6.07 Å². The summed E-state index contributed by atoms with van der Waals surface area (Å²) in [5, 5.41) is 24.6. The Labute approximate surface area is 166 Å². The molecule has 0 fully saturated rings. The van der Waals surface area contributed by atoms with Crippen LogP contribution in [0.3, 0.4) is 0 Å². The van der Waals surface area contributed by atoms with Crippen LogP contribution in [0.15, 0.2) is 54.6 Å². The molecule has 2 N–H and O–H groups in total. The van der Waals surface area contributed by atoms with Gasteiger partial charge in [0.05, 0.1) is 11.0 Å². The van der Waals surface area contributed by atoms with Gasteiger partial charge in [0, 0.05) is 29.2 Å². The SMILES string of the molecule is N#CCNC(=O)C(CSCc1cccc([N+](=O)[O-])c1)NC(=O)c1ccccc1. The third-order valence-corrected chi connectivity index (χ3v) is 4.78. The summed E-state index contributed by atoms with van der Waals surface area (Å²) in [6, 6.07) is 15.7. The molecule has 2 aromatic carbocycles. The van der Waals surface area contributed by atoms with Crippen molar-refractivity contribution in [2.75, 3.05) is 12.3 Å². The lowest BCUT2D eigenvalue weighted by Gasteiger charge is -2.17. The van der Waals surface area contributed by atoms with E-state index in [0.717, 1.165) is 5.56 Å². The number of hydrogen-bond donors (Lipinski definition) is 2. The standard InChI is InChI=1S/C19H18N4O4S/c20-9-10-21-19(25)17(22-18(24)15-6-2-1-3-7-15)13-28-12-14-5-4-8-16(11-14)23(26)27/h1-8,11,17H,10,12-13H2,(H,21,25)(H,22,24). The molecule has 144 valence electrons. The van der Waals surface area contributed by atoms with Crippen molar-refractivity contribution >= 4 is 29.3 Å². The van der Waals surface area contributed by atoms with E-state index in [-0.39, 0.29) is 18.0 Å². The third-order valence-electron chi connectivity index (χ3n) is 3.67. The molecule has 0 heterocycles. The first kappa shape index (κ1) is 20.9. The molecule has 9 heteroatoms. The summed E-state index contributed by atoms with van der Waals surface area (Å²) in [6.07, 6.45) is 0. The lowest BCUT2D eigenvalue weighted by atomic mass is 10.2. The number of benzene rings is 2. The average molecular weight is 398 g/mol. The number of amides is 2. The minimum Gasteiger partial charge on any atom is -0.341 e. The predicted molar refractivity (Wildman–Crippen MR) is 106 cm³/mol. The van der Waals surface area contributed by atoms with Crippen LogP contribution >= 0.6 is 11.8 Å². The zero-order valence-electron chi connectivity index (χ0n) is 14.8. The van der Waals surface area contributed by atoms with Crippen molar-refractivity contribution in [3.05, 3.63) is 75.8 Å². The van der Waals surface area contributed by atoms with Crippen molar-refractivity contribution in [1.82, 2.24) is 10.6 Å². The number of non-ortho nitro benzene ring substituents is 1. The van der Waals surface area contributed by atoms with Crippen LogP contribution in [0, 0.1) is 21.4 Å². The van der Waals surface area contributed by atoms with Gasteiger partial charge in [-0.25, -0.2) is 0 Å². The van der Waals surface area contributed by atoms with Crippen LogP contribution < -0.4 is 10.6 Å². The largest absolute Gasteiger partial charge is 0.341 e. The molecular weight excluding hydrogens is 380 g/mol. The van der Waals surface area contributed by atoms with E-state index in [9.17, 15) is 19.7 Å². The molecule has 1 atom stereocenters. The van der Waals surface area contributed by atoms with Crippen LogP contribution in [0.2, 0.25) is 0 Å². The van der Waals surface area contributed by atoms with Crippen molar-refractivity contribution < 1.29 is 14.5 Å². The fourth-order valence-corrected chi connectivity index (χ4v) is 3.32. The normalized spacial score (nSPS) is 11.1. The molecule has 28 heavy (non-hydrogen) atoms. The first-order valence-corrected chi connectivity index (χ1v) is 9.48. The molecule has 0 aromatic heterocycles. The Hall–Kier alpha value is -3.38. The molecule has 0 radical (unpaired) electrons. The number of nitro groups is 1. The van der Waals surface area contributed by atoms with Gasteiger partial charge in [-0.1, -0.05) is 30.3 Å². The fraction of sp³-hybridized carbons (Fsp3) is 0.211. The zero-order valence-corrected chi connectivity index (χ0v) is 15.6. The summed E-state index contributed by atoms with van der Waals surface area (Å²) in [5.74, 6) is -0.172. The Morgan fingerprint density at radius 2 is 1.93 bits per heavy atom. The Balaban J connectivity index is 2.00. The first-order chi connectivity index (χ1) is 13.5. The molecule has 1 unspecified atom stereocenters. The molecular formula is C19H18N4O4S. The Morgan fingerprint density at radius 1 is 1.18 bits per heavy atom. The Kier molecular flexibility index (Phi) is 7.99. The minimum atomic E-state index is -0.843. The van der Waals surface area contributed by atoms with E-state index in [1.54, 1.807) is 42.5 Å². The molecule has 2 rings (SSSR count). The molecule has 0 aliphatic heterocycles. The zero-order chi connectivity index (χ0) is 20.4. The Morgan fingerprint density at radius 3 is 2.61 bits per heavy atom. The van der Waals surface area contributed by atoms with Crippen molar-refractivity contribution in [2.45, 2.75) is 11.8 Å². The van der Waals surface area contributed by atoms with Gasteiger partial charge in [-0.05, 0) is 17.7 Å². The van der Waals surface area contributed by atoms with Crippen LogP contribution in [-0.4, -0.2) is 35.1 Å². The summed E-state index contributed by atoms with van der Waals surface area (Å²) in [6.45, 7) is -0.161. The van der Waals surface area contributed by atoms with Crippen LogP contribution in [0.4, 0.5) is 5.69 Å². The number of hydrogen-bond acceptors (Lipinski definition) is 6. The number of nitro benzene ring substituents is 1. The number of rotatable bonds is 9. The number of nitrogens with zero attached hydrogens (tertiary/aromatic N) is 2. The second-order valence-corrected chi connectivity index (χ2v) is 6.74. The average Bonchev–Trinajstić information content (AvgIpc) is 2.72. The summed E-state index contributed by atoms with van der Waals surface area (Å²) >= 11 is 1.35. The smallest absolute Gasteiger partial charge is 0.269 e. The van der Waals surface area contributed by atoms with Gasteiger partial charge in [0.2, 0.25) is 5.91 Å². The molecule has 0 bridgehead atoms. The van der Waals surface area contributed by atoms with Gasteiger partial charge in [-0.3, -0.25) is 19.7 Å². The van der Waals surface area contributed by atoms with Crippen LogP contribution in [0.1, 0.15) is 15.9 Å². The van der Waals surface area contributed by atoms with E-state index in [4.69, 9.17) is 5.26 Å². The van der Waals surface area contributed by atoms with Crippen LogP contribution in [0.25, 0.3) is 0 Å². The minimum absolute atomic E-state index is 0.00112. The monoisotopic (exact) mass is 398 g/mol. The molecule has 2 aromatic rings. The highest BCUT2D eigenvalue weighted by atomic mass is 32.2. The van der Waals surface area contributed by atoms with Gasteiger partial charge in [-0.15, -0.1) is 0 Å². The quantitative estimate of drug-likeness (QED) is 0.379. The van der Waals surface area contributed by atoms with Gasteiger partial charge in [-0.2, -0.15) is 17.0 Å². The van der Waals surface area contributed by atoms with Crippen LogP contribution in [-0.2, 0) is 10.5 Å². The Bertz CT molecular complexity index is 883. The number of carbonyl (C=O) groups is 2. The summed E-state index contributed by atoms with van der Waals surface area (Å²) in [5.41, 5.74) is 1.16. The number of thioether (sulfide) groups is 1. The number of carbonyl (C=O) groups excluding carboxylic acids is 2. The molecule has 0 spiro atoms. The molecule has 0 saturated heterocycles. The molecule has 0 saturated carbocycles. The number of nitriles is 1. The maximum absolute atomic E-state index is 12.3. The topological polar surface area (TPSA) is 125 Å². The van der Waals surface area contributed by atoms with E-state index in [0.29, 0.717) is 11.3 Å². The molecule has 0 aliphatic rings. The second kappa shape index (κ2) is 10.7. The van der Waals surface area contributed by atoms with Crippen molar-refractivity contribution in [3.63, 3.8) is 0 Å². The summed E-state index contributed by atoms with van der Waals surface area (Å²) in [7, 11) is 0. The maximum atomic E-state index is 12.3. The van der Waals surface area contributed by atoms with Gasteiger partial charge >= 0.3 is 0 Å². The third kappa shape index (κ3) is 6.41. The highest BCUT2D eigenvalue weighted by Gasteiger charge is 2.21. The molecule has 0 aliphatic carbocycles. The van der Waals surface area contributed by atoms with Gasteiger partial charge in [0.15, 0.2) is 0 Å². The van der Waals surface area contributed by atoms with Crippen molar-refractivity contribution in [2.24, 2.45) is 0 Å². The molecule has 8 nitrogen and oxygen atoms in total. The van der Waals surface area contributed by atoms with E-state index < -0.39 is 22.8 Å². The van der Waals surface area contributed by atoms with Crippen molar-refractivity contribution in [1.29, 1.82) is 5.26 Å². The lowest BCUT2D eigenvalue weighted by Crippen LogP contribution is -2.48. The number of nitrogens with one attached hydrogen (secondary N) is 2. The second-order valence-electron chi connectivity index (χ2n) is 5.71. The summed E-state index contributed by atoms with van der Waals surface area (Å²) in [4.78, 5) is 35.0. The van der Waals surface area contributed by atoms with Gasteiger partial charge < -0.3 is 10.6 Å². The van der Waals surface area contributed by atoms with Gasteiger partial charge in [0.25, 0.3) is 11.6 Å². The lowest BCUT2D eigenvalue weighted by molar-refractivity contribution is -0.384. The van der Waals surface area contributed by atoms with Crippen LogP contribution in [0.5, 0.6) is 0 Å². The highest BCUT2D eigenvalue weighted by molar-refractivity contribution is 7.98. The van der Waals surface area contributed by atoms with E-state index >= 15 is 0 Å². The maximum Gasteiger partial charge on any atom is 0.269 e. The highest BCUT2D eigenvalue weighted by Crippen LogP contribution is 2.18. The first-order valence-electron chi connectivity index (χ1n) is 8.33. The van der Waals surface area contributed by atoms with E-state index in [1.807, 2.05) is 6.07 Å². The predicted octanol–water partition coefficient (Wildman–Crippen LogP) is 2.27. The fourth-order valence-electron chi connectivity index (χ4n) is 2.32. The van der Waals surface area contributed by atoms with E-state index in [2.05, 4.69) is 10.6 Å². The van der Waals surface area contributed by atoms with E-state index in [1.165, 1.54) is 23.9 Å². The van der Waals surface area contributed by atoms with Gasteiger partial charge in [0.1, 0.15) is 12.6 Å². The molecule has 2 amide bonds. The summed E-state index contributed by atoms with van der Waals surface area (Å²) < 4.78 is 0.